The van der Waals surface area contributed by atoms with E-state index in [0.29, 0.717) is 5.88 Å². The number of amides is 1. The van der Waals surface area contributed by atoms with Crippen LogP contribution in [0, 0.1) is 0 Å². The Kier molecular flexibility index (Phi) is 4.70. The van der Waals surface area contributed by atoms with E-state index in [4.69, 9.17) is 4.74 Å². The molecule has 0 aromatic carbocycles. The molecule has 116 valence electrons. The van der Waals surface area contributed by atoms with Crippen molar-refractivity contribution in [2.75, 3.05) is 33.3 Å². The third-order valence-corrected chi connectivity index (χ3v) is 4.66. The van der Waals surface area contributed by atoms with E-state index in [1.165, 1.54) is 16.9 Å². The van der Waals surface area contributed by atoms with Crippen molar-refractivity contribution in [1.29, 1.82) is 0 Å². The van der Waals surface area contributed by atoms with Crippen LogP contribution in [0.1, 0.15) is 15.2 Å². The lowest BCUT2D eigenvalue weighted by molar-refractivity contribution is 0.0633. The lowest BCUT2D eigenvalue weighted by atomic mass is 10.2. The number of methoxy groups -OCH3 is 1. The molecule has 0 N–H and O–H groups in total. The number of hydrogen-bond donors (Lipinski definition) is 0. The first-order valence-corrected chi connectivity index (χ1v) is 8.18. The topological polar surface area (TPSA) is 45.7 Å². The van der Waals surface area contributed by atoms with E-state index in [9.17, 15) is 4.79 Å². The van der Waals surface area contributed by atoms with Crippen molar-refractivity contribution in [2.24, 2.45) is 0 Å². The zero-order valence-corrected chi connectivity index (χ0v) is 13.4. The Balaban J connectivity index is 1.52. The third-order valence-electron chi connectivity index (χ3n) is 3.80. The summed E-state index contributed by atoms with van der Waals surface area (Å²) in [5.74, 6) is 0.788. The van der Waals surface area contributed by atoms with Gasteiger partial charge in [0.25, 0.3) is 5.91 Å². The number of nitrogens with zero attached hydrogens (tertiary/aromatic N) is 3. The Morgan fingerprint density at radius 1 is 1.27 bits per heavy atom. The highest BCUT2D eigenvalue weighted by Gasteiger charge is 2.22. The summed E-state index contributed by atoms with van der Waals surface area (Å²) in [5, 5.41) is 1.94. The van der Waals surface area contributed by atoms with Crippen molar-refractivity contribution in [3.63, 3.8) is 0 Å². The van der Waals surface area contributed by atoms with Gasteiger partial charge in [-0.05, 0) is 17.0 Å². The van der Waals surface area contributed by atoms with Gasteiger partial charge in [0.05, 0.1) is 12.0 Å². The number of ether oxygens (including phenoxy) is 1. The summed E-state index contributed by atoms with van der Waals surface area (Å²) in [6.45, 7) is 4.20. The molecule has 1 aliphatic heterocycles. The first-order chi connectivity index (χ1) is 10.8. The van der Waals surface area contributed by atoms with Crippen LogP contribution in [0.2, 0.25) is 0 Å². The first-order valence-electron chi connectivity index (χ1n) is 7.30. The lowest BCUT2D eigenvalue weighted by Gasteiger charge is -2.34. The fraction of sp³-hybridized carbons (Fsp3) is 0.375. The largest absolute Gasteiger partial charge is 0.481 e. The summed E-state index contributed by atoms with van der Waals surface area (Å²) in [4.78, 5) is 21.6. The van der Waals surface area contributed by atoms with Crippen LogP contribution >= 0.6 is 11.3 Å². The Morgan fingerprint density at radius 2 is 2.09 bits per heavy atom. The molecule has 22 heavy (non-hydrogen) atoms. The second-order valence-electron chi connectivity index (χ2n) is 5.25. The molecule has 5 nitrogen and oxygen atoms in total. The third kappa shape index (κ3) is 3.45. The maximum Gasteiger partial charge on any atom is 0.264 e. The number of piperazine rings is 1. The van der Waals surface area contributed by atoms with E-state index in [0.717, 1.165) is 37.6 Å². The quantitative estimate of drug-likeness (QED) is 0.866. The smallest absolute Gasteiger partial charge is 0.264 e. The molecule has 1 amide bonds. The highest BCUT2D eigenvalue weighted by atomic mass is 32.1. The Morgan fingerprint density at radius 3 is 2.68 bits per heavy atom. The van der Waals surface area contributed by atoms with Gasteiger partial charge in [-0.3, -0.25) is 9.69 Å². The molecule has 0 radical (unpaired) electrons. The van der Waals surface area contributed by atoms with Crippen LogP contribution in [0.5, 0.6) is 5.88 Å². The van der Waals surface area contributed by atoms with E-state index in [1.54, 1.807) is 7.11 Å². The molecule has 6 heteroatoms. The van der Waals surface area contributed by atoms with Crippen LogP contribution in [0.3, 0.4) is 0 Å². The molecule has 0 aliphatic carbocycles. The van der Waals surface area contributed by atoms with Crippen molar-refractivity contribution in [3.05, 3.63) is 46.3 Å². The minimum atomic E-state index is 0.153. The SMILES string of the molecule is COc1ccc(CN2CCN(C(=O)c3cccs3)CC2)cn1. The van der Waals surface area contributed by atoms with Crippen LogP contribution in [0.25, 0.3) is 0 Å². The fourth-order valence-corrected chi connectivity index (χ4v) is 3.24. The van der Waals surface area contributed by atoms with Gasteiger partial charge in [0.2, 0.25) is 5.88 Å². The fourth-order valence-electron chi connectivity index (χ4n) is 2.55. The van der Waals surface area contributed by atoms with Gasteiger partial charge in [-0.2, -0.15) is 0 Å². The molecule has 0 spiro atoms. The Labute approximate surface area is 134 Å². The zero-order valence-electron chi connectivity index (χ0n) is 12.6. The molecule has 3 heterocycles. The average molecular weight is 317 g/mol. The van der Waals surface area contributed by atoms with Gasteiger partial charge < -0.3 is 9.64 Å². The molecule has 0 saturated carbocycles. The molecular weight excluding hydrogens is 298 g/mol. The molecular formula is C16H19N3O2S. The van der Waals surface area contributed by atoms with Crippen LogP contribution < -0.4 is 4.74 Å². The number of thiophene rings is 1. The zero-order chi connectivity index (χ0) is 15.4. The van der Waals surface area contributed by atoms with Crippen molar-refractivity contribution in [1.82, 2.24) is 14.8 Å². The number of carbonyl (C=O) groups excluding carboxylic acids is 1. The van der Waals surface area contributed by atoms with Gasteiger partial charge in [0, 0.05) is 45.0 Å². The number of rotatable bonds is 4. The summed E-state index contributed by atoms with van der Waals surface area (Å²) < 4.78 is 5.07. The van der Waals surface area contributed by atoms with E-state index in [1.807, 2.05) is 40.7 Å². The molecule has 0 unspecified atom stereocenters. The highest BCUT2D eigenvalue weighted by molar-refractivity contribution is 7.12. The van der Waals surface area contributed by atoms with Crippen molar-refractivity contribution in [3.8, 4) is 5.88 Å². The summed E-state index contributed by atoms with van der Waals surface area (Å²) in [5.41, 5.74) is 1.17. The number of carbonyl (C=O) groups is 1. The highest BCUT2D eigenvalue weighted by Crippen LogP contribution is 2.15. The summed E-state index contributed by atoms with van der Waals surface area (Å²) >= 11 is 1.51. The van der Waals surface area contributed by atoms with Crippen molar-refractivity contribution in [2.45, 2.75) is 6.54 Å². The second kappa shape index (κ2) is 6.89. The lowest BCUT2D eigenvalue weighted by Crippen LogP contribution is -2.48. The van der Waals surface area contributed by atoms with Crippen LogP contribution in [0.4, 0.5) is 0 Å². The van der Waals surface area contributed by atoms with E-state index in [2.05, 4.69) is 9.88 Å². The molecule has 2 aromatic heterocycles. The normalized spacial score (nSPS) is 15.8. The van der Waals surface area contributed by atoms with E-state index >= 15 is 0 Å². The number of aromatic nitrogens is 1. The van der Waals surface area contributed by atoms with Gasteiger partial charge in [-0.1, -0.05) is 12.1 Å². The molecule has 2 aromatic rings. The van der Waals surface area contributed by atoms with Gasteiger partial charge >= 0.3 is 0 Å². The molecule has 3 rings (SSSR count). The predicted octanol–water partition coefficient (Wildman–Crippen LogP) is 2.11. The molecule has 0 atom stereocenters. The number of pyridine rings is 1. The standard InChI is InChI=1S/C16H19N3O2S/c1-21-15-5-4-13(11-17-15)12-18-6-8-19(9-7-18)16(20)14-3-2-10-22-14/h2-5,10-11H,6-9,12H2,1H3. The first kappa shape index (κ1) is 15.0. The summed E-state index contributed by atoms with van der Waals surface area (Å²) in [6.07, 6.45) is 1.85. The molecule has 1 saturated heterocycles. The molecule has 0 bridgehead atoms. The van der Waals surface area contributed by atoms with Crippen LogP contribution in [-0.2, 0) is 6.54 Å². The van der Waals surface area contributed by atoms with Crippen molar-refractivity contribution >= 4 is 17.2 Å². The maximum atomic E-state index is 12.3. The summed E-state index contributed by atoms with van der Waals surface area (Å²) in [6, 6.07) is 7.73. The minimum Gasteiger partial charge on any atom is -0.481 e. The monoisotopic (exact) mass is 317 g/mol. The minimum absolute atomic E-state index is 0.153. The molecule has 1 aliphatic rings. The van der Waals surface area contributed by atoms with Crippen molar-refractivity contribution < 1.29 is 9.53 Å². The Hall–Kier alpha value is -1.92. The predicted molar refractivity (Wildman–Crippen MR) is 86.3 cm³/mol. The average Bonchev–Trinajstić information content (AvgIpc) is 3.10. The number of hydrogen-bond acceptors (Lipinski definition) is 5. The van der Waals surface area contributed by atoms with E-state index < -0.39 is 0 Å². The second-order valence-corrected chi connectivity index (χ2v) is 6.20. The van der Waals surface area contributed by atoms with E-state index in [-0.39, 0.29) is 5.91 Å². The van der Waals surface area contributed by atoms with Gasteiger partial charge in [0.15, 0.2) is 0 Å². The van der Waals surface area contributed by atoms with Gasteiger partial charge in [-0.15, -0.1) is 11.3 Å². The Bertz CT molecular complexity index is 605. The summed E-state index contributed by atoms with van der Waals surface area (Å²) in [7, 11) is 1.62. The van der Waals surface area contributed by atoms with Crippen LogP contribution in [-0.4, -0.2) is 54.0 Å². The molecule has 1 fully saturated rings. The van der Waals surface area contributed by atoms with Gasteiger partial charge in [-0.25, -0.2) is 4.98 Å². The van der Waals surface area contributed by atoms with Crippen LogP contribution in [0.15, 0.2) is 35.8 Å². The maximum absolute atomic E-state index is 12.3. The van der Waals surface area contributed by atoms with Gasteiger partial charge in [0.1, 0.15) is 0 Å².